The Hall–Kier alpha value is -2.45. The van der Waals surface area contributed by atoms with Crippen LogP contribution in [0.2, 0.25) is 0 Å². The first-order valence-electron chi connectivity index (χ1n) is 8.18. The molecular formula is C18H18N6S2. The molecule has 1 aromatic carbocycles. The molecule has 0 spiro atoms. The number of hydrogen-bond acceptors (Lipinski definition) is 7. The van der Waals surface area contributed by atoms with Crippen LogP contribution in [0.5, 0.6) is 0 Å². The summed E-state index contributed by atoms with van der Waals surface area (Å²) >= 11 is 3.25. The van der Waals surface area contributed by atoms with Crippen molar-refractivity contribution in [3.05, 3.63) is 59.9 Å². The topological polar surface area (TPSA) is 68.5 Å². The van der Waals surface area contributed by atoms with Crippen LogP contribution in [-0.2, 0) is 13.1 Å². The van der Waals surface area contributed by atoms with Crippen molar-refractivity contribution in [3.63, 3.8) is 0 Å². The standard InChI is InChI=1S/C18H18N6S2/c1-12-19-6-7-24(12)10-14-5-3-4-13(8-14)9-20-16-15-17(22-11-21-16)23-18(25-2)26-15/h3-8,11H,9-10H2,1-2H3,(H,20,21,22). The molecule has 26 heavy (non-hydrogen) atoms. The van der Waals surface area contributed by atoms with Crippen LogP contribution in [0.4, 0.5) is 5.82 Å². The molecule has 132 valence electrons. The smallest absolute Gasteiger partial charge is 0.176 e. The average molecular weight is 383 g/mol. The second-order valence-electron chi connectivity index (χ2n) is 5.83. The lowest BCUT2D eigenvalue weighted by molar-refractivity contribution is 0.760. The number of rotatable bonds is 6. The Bertz CT molecular complexity index is 1040. The van der Waals surface area contributed by atoms with Gasteiger partial charge in [0.25, 0.3) is 0 Å². The molecule has 4 aromatic rings. The lowest BCUT2D eigenvalue weighted by atomic mass is 10.1. The third-order valence-electron chi connectivity index (χ3n) is 4.07. The molecule has 0 fully saturated rings. The van der Waals surface area contributed by atoms with Crippen LogP contribution in [0.3, 0.4) is 0 Å². The fourth-order valence-corrected chi connectivity index (χ4v) is 4.22. The monoisotopic (exact) mass is 382 g/mol. The second kappa shape index (κ2) is 7.43. The van der Waals surface area contributed by atoms with E-state index < -0.39 is 0 Å². The van der Waals surface area contributed by atoms with Gasteiger partial charge in [-0.25, -0.2) is 19.9 Å². The molecule has 0 saturated heterocycles. The molecule has 0 unspecified atom stereocenters. The van der Waals surface area contributed by atoms with E-state index in [0.717, 1.165) is 32.9 Å². The van der Waals surface area contributed by atoms with Gasteiger partial charge in [0.15, 0.2) is 9.99 Å². The van der Waals surface area contributed by atoms with Gasteiger partial charge in [-0.3, -0.25) is 0 Å². The van der Waals surface area contributed by atoms with Gasteiger partial charge in [-0.15, -0.1) is 11.3 Å². The summed E-state index contributed by atoms with van der Waals surface area (Å²) in [4.78, 5) is 17.4. The van der Waals surface area contributed by atoms with E-state index in [1.807, 2.05) is 25.6 Å². The number of anilines is 1. The maximum absolute atomic E-state index is 4.49. The number of nitrogens with one attached hydrogen (secondary N) is 1. The van der Waals surface area contributed by atoms with Gasteiger partial charge in [0.05, 0.1) is 0 Å². The maximum Gasteiger partial charge on any atom is 0.176 e. The van der Waals surface area contributed by atoms with E-state index in [2.05, 4.69) is 54.1 Å². The third-order valence-corrected chi connectivity index (χ3v) is 6.11. The summed E-state index contributed by atoms with van der Waals surface area (Å²) in [5.41, 5.74) is 3.21. The van der Waals surface area contributed by atoms with Crippen molar-refractivity contribution < 1.29 is 0 Å². The van der Waals surface area contributed by atoms with Crippen LogP contribution in [0.1, 0.15) is 17.0 Å². The number of thiazole rings is 1. The van der Waals surface area contributed by atoms with Gasteiger partial charge in [-0.2, -0.15) is 0 Å². The molecule has 0 saturated carbocycles. The van der Waals surface area contributed by atoms with Crippen LogP contribution in [0.15, 0.2) is 47.3 Å². The van der Waals surface area contributed by atoms with Crippen LogP contribution in [0, 0.1) is 6.92 Å². The normalized spacial score (nSPS) is 11.2. The minimum absolute atomic E-state index is 0.704. The number of benzene rings is 1. The fraction of sp³-hybridized carbons (Fsp3) is 0.222. The van der Waals surface area contributed by atoms with E-state index in [-0.39, 0.29) is 0 Å². The SMILES string of the molecule is CSc1nc2ncnc(NCc3cccc(Cn4ccnc4C)c3)c2s1. The first-order chi connectivity index (χ1) is 12.7. The maximum atomic E-state index is 4.49. The zero-order chi connectivity index (χ0) is 17.9. The summed E-state index contributed by atoms with van der Waals surface area (Å²) in [6, 6.07) is 8.56. The summed E-state index contributed by atoms with van der Waals surface area (Å²) in [7, 11) is 0. The average Bonchev–Trinajstić information content (AvgIpc) is 3.26. The molecule has 0 aliphatic carbocycles. The predicted molar refractivity (Wildman–Crippen MR) is 107 cm³/mol. The first kappa shape index (κ1) is 17.0. The molecule has 0 amide bonds. The predicted octanol–water partition coefficient (Wildman–Crippen LogP) is 3.97. The highest BCUT2D eigenvalue weighted by Crippen LogP contribution is 2.31. The highest BCUT2D eigenvalue weighted by Gasteiger charge is 2.10. The largest absolute Gasteiger partial charge is 0.365 e. The first-order valence-corrected chi connectivity index (χ1v) is 10.2. The highest BCUT2D eigenvalue weighted by molar-refractivity contribution is 8.00. The Labute approximate surface area is 159 Å². The summed E-state index contributed by atoms with van der Waals surface area (Å²) in [5, 5.41) is 3.43. The van der Waals surface area contributed by atoms with Gasteiger partial charge < -0.3 is 9.88 Å². The van der Waals surface area contributed by atoms with Gasteiger partial charge in [0.2, 0.25) is 0 Å². The van der Waals surface area contributed by atoms with E-state index in [0.29, 0.717) is 6.54 Å². The molecule has 0 aliphatic rings. The van der Waals surface area contributed by atoms with Crippen molar-refractivity contribution in [1.29, 1.82) is 0 Å². The van der Waals surface area contributed by atoms with E-state index in [9.17, 15) is 0 Å². The van der Waals surface area contributed by atoms with E-state index in [1.54, 1.807) is 29.4 Å². The number of thioether (sulfide) groups is 1. The molecule has 4 rings (SSSR count). The summed E-state index contributed by atoms with van der Waals surface area (Å²) < 4.78 is 4.14. The summed E-state index contributed by atoms with van der Waals surface area (Å²) in [5.74, 6) is 1.86. The molecule has 0 atom stereocenters. The lowest BCUT2D eigenvalue weighted by Gasteiger charge is -2.09. The Morgan fingerprint density at radius 3 is 2.88 bits per heavy atom. The lowest BCUT2D eigenvalue weighted by Crippen LogP contribution is -2.04. The number of fused-ring (bicyclic) bond motifs is 1. The summed E-state index contributed by atoms with van der Waals surface area (Å²) in [6.07, 6.45) is 7.42. The summed E-state index contributed by atoms with van der Waals surface area (Å²) in [6.45, 7) is 3.54. The number of hydrogen-bond donors (Lipinski definition) is 1. The van der Waals surface area contributed by atoms with Crippen LogP contribution >= 0.6 is 23.1 Å². The van der Waals surface area contributed by atoms with Gasteiger partial charge in [-0.1, -0.05) is 36.0 Å². The molecule has 0 bridgehead atoms. The van der Waals surface area contributed by atoms with Gasteiger partial charge in [0, 0.05) is 25.5 Å². The van der Waals surface area contributed by atoms with Crippen molar-refractivity contribution >= 4 is 39.3 Å². The number of aryl methyl sites for hydroxylation is 1. The van der Waals surface area contributed by atoms with Crippen molar-refractivity contribution in [2.24, 2.45) is 0 Å². The molecule has 3 aromatic heterocycles. The second-order valence-corrected chi connectivity index (χ2v) is 7.89. The fourth-order valence-electron chi connectivity index (χ4n) is 2.74. The van der Waals surface area contributed by atoms with Gasteiger partial charge >= 0.3 is 0 Å². The molecule has 8 heteroatoms. The quantitative estimate of drug-likeness (QED) is 0.509. The zero-order valence-corrected chi connectivity index (χ0v) is 16.1. The molecule has 1 N–H and O–H groups in total. The van der Waals surface area contributed by atoms with Crippen LogP contribution < -0.4 is 5.32 Å². The minimum Gasteiger partial charge on any atom is -0.365 e. The Morgan fingerprint density at radius 1 is 1.19 bits per heavy atom. The zero-order valence-electron chi connectivity index (χ0n) is 14.5. The number of aromatic nitrogens is 5. The molecule has 0 aliphatic heterocycles. The molecular weight excluding hydrogens is 364 g/mol. The number of nitrogens with zero attached hydrogens (tertiary/aromatic N) is 5. The van der Waals surface area contributed by atoms with Crippen LogP contribution in [-0.4, -0.2) is 30.8 Å². The van der Waals surface area contributed by atoms with Crippen molar-refractivity contribution in [3.8, 4) is 0 Å². The van der Waals surface area contributed by atoms with Gasteiger partial charge in [0.1, 0.15) is 22.7 Å². The number of imidazole rings is 1. The minimum atomic E-state index is 0.704. The molecule has 3 heterocycles. The van der Waals surface area contributed by atoms with E-state index in [1.165, 1.54) is 11.1 Å². The Kier molecular flexibility index (Phi) is 4.85. The molecule has 6 nitrogen and oxygen atoms in total. The Morgan fingerprint density at radius 2 is 2.08 bits per heavy atom. The van der Waals surface area contributed by atoms with Crippen molar-refractivity contribution in [2.75, 3.05) is 11.6 Å². The van der Waals surface area contributed by atoms with E-state index in [4.69, 9.17) is 0 Å². The highest BCUT2D eigenvalue weighted by atomic mass is 32.2. The van der Waals surface area contributed by atoms with Crippen molar-refractivity contribution in [1.82, 2.24) is 24.5 Å². The van der Waals surface area contributed by atoms with Crippen molar-refractivity contribution in [2.45, 2.75) is 24.4 Å². The van der Waals surface area contributed by atoms with Crippen LogP contribution in [0.25, 0.3) is 10.3 Å². The van der Waals surface area contributed by atoms with E-state index >= 15 is 0 Å². The third kappa shape index (κ3) is 3.56. The Balaban J connectivity index is 1.51. The molecule has 0 radical (unpaired) electrons. The van der Waals surface area contributed by atoms with Gasteiger partial charge in [-0.05, 0) is 24.3 Å².